The number of aromatic nitrogens is 3. The van der Waals surface area contributed by atoms with Gasteiger partial charge in [0.05, 0.1) is 25.5 Å². The number of H-pyrrole nitrogens is 1. The predicted octanol–water partition coefficient (Wildman–Crippen LogP) is 2.11. The first-order valence-electron chi connectivity index (χ1n) is 11.0. The zero-order chi connectivity index (χ0) is 19.9. The number of likely N-dealkylation sites (tertiary alicyclic amines) is 1. The van der Waals surface area contributed by atoms with E-state index >= 15 is 0 Å². The van der Waals surface area contributed by atoms with Gasteiger partial charge in [-0.2, -0.15) is 0 Å². The number of benzene rings is 1. The summed E-state index contributed by atoms with van der Waals surface area (Å²) in [4.78, 5) is 18.2. The summed E-state index contributed by atoms with van der Waals surface area (Å²) in [5.41, 5.74) is 3.31. The fraction of sp³-hybridized carbons (Fsp3) is 0.478. The Bertz CT molecular complexity index is 1030. The number of nitrogens with one attached hydrogen (secondary N) is 2. The molecule has 0 radical (unpaired) electrons. The third-order valence-corrected chi connectivity index (χ3v) is 6.80. The zero-order valence-electron chi connectivity index (χ0n) is 17.2. The van der Waals surface area contributed by atoms with Crippen LogP contribution in [-0.4, -0.2) is 72.3 Å². The van der Waals surface area contributed by atoms with Crippen molar-refractivity contribution in [3.8, 4) is 11.3 Å². The minimum Gasteiger partial charge on any atom is -0.378 e. The molecule has 0 aliphatic carbocycles. The summed E-state index contributed by atoms with van der Waals surface area (Å²) in [7, 11) is 0. The number of ether oxygens (including phenoxy) is 1. The Hall–Kier alpha value is -2.48. The first-order chi connectivity index (χ1) is 14.8. The van der Waals surface area contributed by atoms with Crippen LogP contribution in [0.25, 0.3) is 22.2 Å². The molecule has 2 unspecified atom stereocenters. The minimum atomic E-state index is 0.755. The Morgan fingerprint density at radius 1 is 1.03 bits per heavy atom. The number of rotatable bonds is 4. The van der Waals surface area contributed by atoms with Crippen molar-refractivity contribution in [1.82, 2.24) is 25.2 Å². The van der Waals surface area contributed by atoms with Gasteiger partial charge in [-0.1, -0.05) is 12.1 Å². The molecule has 3 aliphatic heterocycles. The van der Waals surface area contributed by atoms with Crippen molar-refractivity contribution in [1.29, 1.82) is 0 Å². The molecule has 7 nitrogen and oxygen atoms in total. The maximum Gasteiger partial charge on any atom is 0.145 e. The SMILES string of the molecule is c1cc(-c2cc(N3CCOCC3)nc(CN3CC4CNCC4C3)n2)c2cc[nH]c2c1. The molecule has 30 heavy (non-hydrogen) atoms. The standard InChI is InChI=1S/C23H28N6O/c1-2-18(19-4-5-25-20(19)3-1)21-10-23(29-6-8-30-9-7-29)27-22(26-21)15-28-13-16-11-24-12-17(16)14-28/h1-5,10,16-17,24-25H,6-9,11-15H2. The molecule has 0 saturated carbocycles. The van der Waals surface area contributed by atoms with Gasteiger partial charge < -0.3 is 19.9 Å². The lowest BCUT2D eigenvalue weighted by Gasteiger charge is -2.28. The molecule has 2 N–H and O–H groups in total. The van der Waals surface area contributed by atoms with Gasteiger partial charge in [0.1, 0.15) is 11.6 Å². The van der Waals surface area contributed by atoms with Crippen LogP contribution in [0.4, 0.5) is 5.82 Å². The summed E-state index contributed by atoms with van der Waals surface area (Å²) in [6, 6.07) is 10.7. The Morgan fingerprint density at radius 3 is 2.70 bits per heavy atom. The lowest BCUT2D eigenvalue weighted by Crippen LogP contribution is -2.37. The Kier molecular flexibility index (Phi) is 4.67. The molecule has 0 bridgehead atoms. The summed E-state index contributed by atoms with van der Waals surface area (Å²) in [5.74, 6) is 3.50. The number of nitrogens with zero attached hydrogens (tertiary/aromatic N) is 4. The molecule has 0 amide bonds. The van der Waals surface area contributed by atoms with Crippen LogP contribution >= 0.6 is 0 Å². The fourth-order valence-corrected chi connectivity index (χ4v) is 5.24. The van der Waals surface area contributed by atoms with Gasteiger partial charge in [-0.15, -0.1) is 0 Å². The summed E-state index contributed by atoms with van der Waals surface area (Å²) < 4.78 is 5.56. The lowest BCUT2D eigenvalue weighted by atomic mass is 10.0. The quantitative estimate of drug-likeness (QED) is 0.694. The molecule has 2 atom stereocenters. The predicted molar refractivity (Wildman–Crippen MR) is 117 cm³/mol. The monoisotopic (exact) mass is 404 g/mol. The molecule has 7 heteroatoms. The molecule has 3 saturated heterocycles. The first-order valence-corrected chi connectivity index (χ1v) is 11.0. The summed E-state index contributed by atoms with van der Waals surface area (Å²) in [6.07, 6.45) is 2.00. The molecule has 3 aromatic rings. The van der Waals surface area contributed by atoms with Gasteiger partial charge in [0, 0.05) is 54.9 Å². The maximum absolute atomic E-state index is 5.56. The number of morpholine rings is 1. The van der Waals surface area contributed by atoms with E-state index in [-0.39, 0.29) is 0 Å². The van der Waals surface area contributed by atoms with Crippen molar-refractivity contribution in [3.05, 3.63) is 42.4 Å². The molecule has 0 spiro atoms. The van der Waals surface area contributed by atoms with E-state index < -0.39 is 0 Å². The largest absolute Gasteiger partial charge is 0.378 e. The van der Waals surface area contributed by atoms with Crippen LogP contribution < -0.4 is 10.2 Å². The fourth-order valence-electron chi connectivity index (χ4n) is 5.24. The summed E-state index contributed by atoms with van der Waals surface area (Å²) >= 11 is 0. The van der Waals surface area contributed by atoms with E-state index in [1.165, 1.54) is 5.39 Å². The topological polar surface area (TPSA) is 69.3 Å². The van der Waals surface area contributed by atoms with Crippen LogP contribution in [0.2, 0.25) is 0 Å². The highest BCUT2D eigenvalue weighted by atomic mass is 16.5. The molecule has 1 aromatic carbocycles. The van der Waals surface area contributed by atoms with Crippen molar-refractivity contribution in [2.45, 2.75) is 6.54 Å². The Balaban J connectivity index is 1.36. The molecule has 3 fully saturated rings. The Morgan fingerprint density at radius 2 is 1.87 bits per heavy atom. The number of hydrogen-bond donors (Lipinski definition) is 2. The van der Waals surface area contributed by atoms with Crippen LogP contribution in [0.1, 0.15) is 5.82 Å². The van der Waals surface area contributed by atoms with E-state index in [2.05, 4.69) is 50.4 Å². The third-order valence-electron chi connectivity index (χ3n) is 6.80. The van der Waals surface area contributed by atoms with Crippen LogP contribution in [0.3, 0.4) is 0 Å². The van der Waals surface area contributed by atoms with Gasteiger partial charge >= 0.3 is 0 Å². The molecule has 6 rings (SSSR count). The average molecular weight is 405 g/mol. The first kappa shape index (κ1) is 18.3. The second-order valence-electron chi connectivity index (χ2n) is 8.74. The molecule has 156 valence electrons. The van der Waals surface area contributed by atoms with E-state index in [4.69, 9.17) is 14.7 Å². The average Bonchev–Trinajstić information content (AvgIpc) is 3.50. The minimum absolute atomic E-state index is 0.755. The highest BCUT2D eigenvalue weighted by molar-refractivity contribution is 5.94. The van der Waals surface area contributed by atoms with Gasteiger partial charge in [-0.3, -0.25) is 4.90 Å². The van der Waals surface area contributed by atoms with Crippen LogP contribution in [0, 0.1) is 11.8 Å². The summed E-state index contributed by atoms with van der Waals surface area (Å²) in [5, 5.41) is 4.73. The van der Waals surface area contributed by atoms with Crippen LogP contribution in [-0.2, 0) is 11.3 Å². The van der Waals surface area contributed by atoms with E-state index in [0.29, 0.717) is 0 Å². The number of hydrogen-bond acceptors (Lipinski definition) is 6. The van der Waals surface area contributed by atoms with E-state index in [9.17, 15) is 0 Å². The number of anilines is 1. The highest BCUT2D eigenvalue weighted by Gasteiger charge is 2.36. The molecule has 3 aliphatic rings. The summed E-state index contributed by atoms with van der Waals surface area (Å²) in [6.45, 7) is 8.67. The third kappa shape index (κ3) is 3.37. The van der Waals surface area contributed by atoms with Crippen LogP contribution in [0.5, 0.6) is 0 Å². The van der Waals surface area contributed by atoms with Gasteiger partial charge in [0.15, 0.2) is 0 Å². The normalized spacial score (nSPS) is 24.6. The van der Waals surface area contributed by atoms with Crippen molar-refractivity contribution < 1.29 is 4.74 Å². The van der Waals surface area contributed by atoms with Gasteiger partial charge in [-0.25, -0.2) is 9.97 Å². The van der Waals surface area contributed by atoms with Crippen molar-refractivity contribution in [3.63, 3.8) is 0 Å². The van der Waals surface area contributed by atoms with Gasteiger partial charge in [-0.05, 0) is 37.1 Å². The highest BCUT2D eigenvalue weighted by Crippen LogP contribution is 2.31. The lowest BCUT2D eigenvalue weighted by molar-refractivity contribution is 0.122. The smallest absolute Gasteiger partial charge is 0.145 e. The van der Waals surface area contributed by atoms with E-state index in [1.807, 2.05) is 6.20 Å². The molecule has 5 heterocycles. The van der Waals surface area contributed by atoms with Crippen LogP contribution in [0.15, 0.2) is 36.5 Å². The van der Waals surface area contributed by atoms with Crippen molar-refractivity contribution in [2.75, 3.05) is 57.4 Å². The number of aromatic amines is 1. The molecular formula is C23H28N6O. The zero-order valence-corrected chi connectivity index (χ0v) is 17.2. The maximum atomic E-state index is 5.56. The van der Waals surface area contributed by atoms with Crippen molar-refractivity contribution in [2.24, 2.45) is 11.8 Å². The second-order valence-corrected chi connectivity index (χ2v) is 8.74. The van der Waals surface area contributed by atoms with Gasteiger partial charge in [0.25, 0.3) is 0 Å². The van der Waals surface area contributed by atoms with E-state index in [0.717, 1.165) is 99.3 Å². The molecular weight excluding hydrogens is 376 g/mol. The van der Waals surface area contributed by atoms with E-state index in [1.54, 1.807) is 0 Å². The molecule has 2 aromatic heterocycles. The second kappa shape index (κ2) is 7.65. The van der Waals surface area contributed by atoms with Crippen molar-refractivity contribution >= 4 is 16.7 Å². The number of fused-ring (bicyclic) bond motifs is 2. The Labute approximate surface area is 176 Å². The van der Waals surface area contributed by atoms with Gasteiger partial charge in [0.2, 0.25) is 0 Å².